The van der Waals surface area contributed by atoms with Gasteiger partial charge >= 0.3 is 10.2 Å². The molecule has 0 aliphatic carbocycles. The average Bonchev–Trinajstić information content (AvgIpc) is 2.80. The molecule has 0 atom stereocenters. The van der Waals surface area contributed by atoms with Gasteiger partial charge in [0.05, 0.1) is 18.8 Å². The molecule has 35 heavy (non-hydrogen) atoms. The Bertz CT molecular complexity index is 1260. The van der Waals surface area contributed by atoms with Gasteiger partial charge in [-0.3, -0.25) is 9.10 Å². The number of para-hydroxylation sites is 1. The van der Waals surface area contributed by atoms with Crippen molar-refractivity contribution in [2.45, 2.75) is 20.4 Å². The molecule has 1 N–H and O–H groups in total. The summed E-state index contributed by atoms with van der Waals surface area (Å²) in [6.07, 6.45) is 0. The minimum absolute atomic E-state index is 0.0492. The molecule has 0 saturated carbocycles. The minimum atomic E-state index is -3.95. The molecular weight excluding hydrogens is 469 g/mol. The molecular formula is C26H30FN3O4S. The van der Waals surface area contributed by atoms with Crippen LogP contribution in [0.15, 0.2) is 66.7 Å². The van der Waals surface area contributed by atoms with Crippen LogP contribution in [0.5, 0.6) is 5.75 Å². The lowest BCUT2D eigenvalue weighted by Crippen LogP contribution is -2.40. The van der Waals surface area contributed by atoms with Gasteiger partial charge in [-0.15, -0.1) is 0 Å². The van der Waals surface area contributed by atoms with Crippen LogP contribution in [0, 0.1) is 19.7 Å². The van der Waals surface area contributed by atoms with E-state index in [0.29, 0.717) is 24.3 Å². The van der Waals surface area contributed by atoms with Crippen molar-refractivity contribution in [1.82, 2.24) is 9.62 Å². The molecule has 3 aromatic rings. The van der Waals surface area contributed by atoms with Crippen LogP contribution in [0.3, 0.4) is 0 Å². The van der Waals surface area contributed by atoms with Gasteiger partial charge in [-0.2, -0.15) is 12.7 Å². The number of carbonyl (C=O) groups excluding carboxylic acids is 1. The van der Waals surface area contributed by atoms with E-state index >= 15 is 0 Å². The summed E-state index contributed by atoms with van der Waals surface area (Å²) in [5.74, 6) is -0.155. The third kappa shape index (κ3) is 6.80. The van der Waals surface area contributed by atoms with Crippen molar-refractivity contribution >= 4 is 21.8 Å². The first-order valence-corrected chi connectivity index (χ1v) is 12.5. The lowest BCUT2D eigenvalue weighted by Gasteiger charge is -2.27. The maximum atomic E-state index is 14.4. The number of hydrogen-bond acceptors (Lipinski definition) is 4. The Morgan fingerprint density at radius 1 is 0.971 bits per heavy atom. The molecule has 0 aliphatic rings. The van der Waals surface area contributed by atoms with Gasteiger partial charge < -0.3 is 10.1 Å². The number of anilines is 1. The van der Waals surface area contributed by atoms with Crippen LogP contribution in [-0.4, -0.2) is 45.9 Å². The fourth-order valence-electron chi connectivity index (χ4n) is 3.52. The van der Waals surface area contributed by atoms with E-state index in [4.69, 9.17) is 4.74 Å². The number of aryl methyl sites for hydroxylation is 2. The number of hydrogen-bond donors (Lipinski definition) is 1. The number of rotatable bonds is 10. The maximum Gasteiger partial charge on any atom is 0.303 e. The smallest absolute Gasteiger partial charge is 0.303 e. The fourth-order valence-corrected chi connectivity index (χ4v) is 4.62. The van der Waals surface area contributed by atoms with E-state index in [2.05, 4.69) is 11.4 Å². The first-order valence-electron chi connectivity index (χ1n) is 11.1. The van der Waals surface area contributed by atoms with Crippen molar-refractivity contribution in [1.29, 1.82) is 0 Å². The fraction of sp³-hybridized carbons (Fsp3) is 0.269. The van der Waals surface area contributed by atoms with E-state index in [9.17, 15) is 17.6 Å². The van der Waals surface area contributed by atoms with Crippen molar-refractivity contribution in [2.75, 3.05) is 31.6 Å². The van der Waals surface area contributed by atoms with Crippen molar-refractivity contribution in [3.63, 3.8) is 0 Å². The highest BCUT2D eigenvalue weighted by Gasteiger charge is 2.27. The summed E-state index contributed by atoms with van der Waals surface area (Å²) < 4.78 is 47.9. The molecule has 0 bridgehead atoms. The van der Waals surface area contributed by atoms with Gasteiger partial charge in [-0.05, 0) is 66.9 Å². The number of halogens is 1. The van der Waals surface area contributed by atoms with Crippen molar-refractivity contribution in [3.05, 3.63) is 94.8 Å². The number of nitrogens with one attached hydrogen (secondary N) is 1. The largest absolute Gasteiger partial charge is 0.492 e. The van der Waals surface area contributed by atoms with E-state index in [0.717, 1.165) is 25.5 Å². The van der Waals surface area contributed by atoms with Gasteiger partial charge in [0.1, 0.15) is 18.2 Å². The van der Waals surface area contributed by atoms with Crippen LogP contribution < -0.4 is 14.4 Å². The lowest BCUT2D eigenvalue weighted by atomic mass is 10.1. The van der Waals surface area contributed by atoms with Gasteiger partial charge in [0.25, 0.3) is 5.91 Å². The van der Waals surface area contributed by atoms with Crippen LogP contribution in [0.2, 0.25) is 0 Å². The Kier molecular flexibility index (Phi) is 8.48. The second-order valence-electron chi connectivity index (χ2n) is 8.37. The van der Waals surface area contributed by atoms with Crippen LogP contribution >= 0.6 is 0 Å². The first kappa shape index (κ1) is 26.2. The minimum Gasteiger partial charge on any atom is -0.492 e. The van der Waals surface area contributed by atoms with E-state index in [-0.39, 0.29) is 18.1 Å². The topological polar surface area (TPSA) is 79.0 Å². The standard InChI is InChI=1S/C26H30FN3O4S/c1-19-15-20(2)17-23(16-19)34-14-13-28-26(31)22-11-9-21(10-12-22)18-30(35(32,33)29(3)4)25-8-6-5-7-24(25)27/h5-12,15-17H,13-14,18H2,1-4H3,(H,28,31). The molecule has 0 unspecified atom stereocenters. The van der Waals surface area contributed by atoms with Gasteiger partial charge in [0.2, 0.25) is 0 Å². The summed E-state index contributed by atoms with van der Waals surface area (Å²) in [4.78, 5) is 12.5. The highest BCUT2D eigenvalue weighted by Crippen LogP contribution is 2.25. The number of nitrogens with zero attached hydrogens (tertiary/aromatic N) is 2. The van der Waals surface area contributed by atoms with Crippen LogP contribution in [-0.2, 0) is 16.8 Å². The second kappa shape index (κ2) is 11.3. The molecule has 3 aromatic carbocycles. The molecule has 0 radical (unpaired) electrons. The molecule has 186 valence electrons. The molecule has 0 aliphatic heterocycles. The molecule has 0 fully saturated rings. The van der Waals surface area contributed by atoms with E-state index < -0.39 is 16.0 Å². The highest BCUT2D eigenvalue weighted by molar-refractivity contribution is 7.90. The van der Waals surface area contributed by atoms with E-state index in [1.54, 1.807) is 30.3 Å². The molecule has 3 rings (SSSR count). The quantitative estimate of drug-likeness (QED) is 0.427. The molecule has 0 heterocycles. The van der Waals surface area contributed by atoms with Gasteiger partial charge in [-0.25, -0.2) is 4.39 Å². The third-order valence-corrected chi connectivity index (χ3v) is 7.06. The van der Waals surface area contributed by atoms with Crippen molar-refractivity contribution in [2.24, 2.45) is 0 Å². The normalized spacial score (nSPS) is 11.4. The van der Waals surface area contributed by atoms with Crippen LogP contribution in [0.1, 0.15) is 27.0 Å². The number of ether oxygens (including phenoxy) is 1. The van der Waals surface area contributed by atoms with Gasteiger partial charge in [0, 0.05) is 19.7 Å². The molecule has 0 saturated heterocycles. The predicted molar refractivity (Wildman–Crippen MR) is 135 cm³/mol. The molecule has 1 amide bonds. The number of benzene rings is 3. The summed E-state index contributed by atoms with van der Waals surface area (Å²) in [6.45, 7) is 4.56. The SMILES string of the molecule is Cc1cc(C)cc(OCCNC(=O)c2ccc(CN(c3ccccc3F)S(=O)(=O)N(C)C)cc2)c1. The molecule has 0 spiro atoms. The average molecular weight is 500 g/mol. The molecule has 0 aromatic heterocycles. The second-order valence-corrected chi connectivity index (χ2v) is 10.4. The zero-order chi connectivity index (χ0) is 25.6. The van der Waals surface area contributed by atoms with Crippen molar-refractivity contribution in [3.8, 4) is 5.75 Å². The van der Waals surface area contributed by atoms with Gasteiger partial charge in [0.15, 0.2) is 0 Å². The highest BCUT2D eigenvalue weighted by atomic mass is 32.2. The Morgan fingerprint density at radius 2 is 1.60 bits per heavy atom. The zero-order valence-corrected chi connectivity index (χ0v) is 21.1. The summed E-state index contributed by atoms with van der Waals surface area (Å²) in [7, 11) is -1.17. The Hall–Kier alpha value is -3.43. The van der Waals surface area contributed by atoms with Gasteiger partial charge in [-0.1, -0.05) is 30.3 Å². The number of carbonyl (C=O) groups is 1. The first-order chi connectivity index (χ1) is 16.6. The van der Waals surface area contributed by atoms with E-state index in [1.807, 2.05) is 26.0 Å². The summed E-state index contributed by atoms with van der Waals surface area (Å²) >= 11 is 0. The lowest BCUT2D eigenvalue weighted by molar-refractivity contribution is 0.0947. The number of amides is 1. The van der Waals surface area contributed by atoms with E-state index in [1.165, 1.54) is 32.3 Å². The van der Waals surface area contributed by atoms with Crippen LogP contribution in [0.25, 0.3) is 0 Å². The summed E-state index contributed by atoms with van der Waals surface area (Å²) in [6, 6.07) is 18.2. The Labute approximate surface area is 206 Å². The Balaban J connectivity index is 1.63. The summed E-state index contributed by atoms with van der Waals surface area (Å²) in [5.41, 5.74) is 3.19. The predicted octanol–water partition coefficient (Wildman–Crippen LogP) is 4.06. The monoisotopic (exact) mass is 499 g/mol. The maximum absolute atomic E-state index is 14.4. The molecule has 9 heteroatoms. The Morgan fingerprint density at radius 3 is 2.20 bits per heavy atom. The molecule has 7 nitrogen and oxygen atoms in total. The third-order valence-electron chi connectivity index (χ3n) is 5.25. The zero-order valence-electron chi connectivity index (χ0n) is 20.3. The summed E-state index contributed by atoms with van der Waals surface area (Å²) in [5, 5.41) is 2.80. The van der Waals surface area contributed by atoms with Crippen LogP contribution in [0.4, 0.5) is 10.1 Å². The van der Waals surface area contributed by atoms with Crippen molar-refractivity contribution < 1.29 is 22.3 Å².